The average Bonchev–Trinajstić information content (AvgIpc) is 2.70. The Bertz CT molecular complexity index is 974. The van der Waals surface area contributed by atoms with Crippen molar-refractivity contribution in [3.8, 4) is 11.6 Å². The Hall–Kier alpha value is -3.42. The van der Waals surface area contributed by atoms with E-state index in [9.17, 15) is 9.90 Å². The van der Waals surface area contributed by atoms with Crippen LogP contribution >= 0.6 is 0 Å². The van der Waals surface area contributed by atoms with Crippen molar-refractivity contribution in [2.24, 2.45) is 0 Å². The van der Waals surface area contributed by atoms with Crippen molar-refractivity contribution in [2.45, 2.75) is 25.7 Å². The first kappa shape index (κ1) is 19.3. The number of unbranched alkanes of at least 4 members (excludes halogenated alkanes) is 1. The standard InChI is InChI=1S/C20H23N5O3/c1-28-17-6-4-9-21-16(17)5-2-3-8-23-20-24-13-15(19(27)25-20)11-14-7-10-22-18(26)12-14/h4,6-7,9-10,12-13H,2-3,5,8,11H2,1H3,(H,22,26)(H2,23,24,25,27). The minimum Gasteiger partial charge on any atom is -0.495 e. The molecule has 0 radical (unpaired) electrons. The molecule has 8 heteroatoms. The Morgan fingerprint density at radius 2 is 2.07 bits per heavy atom. The van der Waals surface area contributed by atoms with Gasteiger partial charge < -0.3 is 15.2 Å². The fourth-order valence-corrected chi connectivity index (χ4v) is 2.85. The zero-order valence-electron chi connectivity index (χ0n) is 15.7. The van der Waals surface area contributed by atoms with Crippen LogP contribution in [0.4, 0.5) is 5.95 Å². The molecule has 0 saturated heterocycles. The van der Waals surface area contributed by atoms with Gasteiger partial charge in [0, 0.05) is 43.2 Å². The van der Waals surface area contributed by atoms with Crippen LogP contribution in [0, 0.1) is 0 Å². The summed E-state index contributed by atoms with van der Waals surface area (Å²) >= 11 is 0. The van der Waals surface area contributed by atoms with Gasteiger partial charge in [0.1, 0.15) is 5.75 Å². The summed E-state index contributed by atoms with van der Waals surface area (Å²) in [5.41, 5.74) is 2.07. The van der Waals surface area contributed by atoms with Crippen molar-refractivity contribution in [2.75, 3.05) is 19.0 Å². The van der Waals surface area contributed by atoms with Gasteiger partial charge in [-0.2, -0.15) is 0 Å². The van der Waals surface area contributed by atoms with Crippen LogP contribution in [0.2, 0.25) is 0 Å². The lowest BCUT2D eigenvalue weighted by molar-refractivity contribution is 0.406. The minimum absolute atomic E-state index is 0.0662. The van der Waals surface area contributed by atoms with Crippen LogP contribution in [0.25, 0.3) is 0 Å². The van der Waals surface area contributed by atoms with Crippen LogP contribution in [-0.2, 0) is 12.8 Å². The van der Waals surface area contributed by atoms with Gasteiger partial charge >= 0.3 is 0 Å². The SMILES string of the molecule is COc1cccnc1CCCCNc1ncc(Cc2ccnc(O)c2)c(=O)[nH]1. The molecule has 0 amide bonds. The molecule has 0 atom stereocenters. The predicted octanol–water partition coefficient (Wildman–Crippen LogP) is 2.30. The molecule has 3 N–H and O–H groups in total. The zero-order valence-corrected chi connectivity index (χ0v) is 15.7. The Balaban J connectivity index is 1.47. The number of hydrogen-bond acceptors (Lipinski definition) is 7. The van der Waals surface area contributed by atoms with Gasteiger partial charge in [0.2, 0.25) is 11.8 Å². The summed E-state index contributed by atoms with van der Waals surface area (Å²) in [4.78, 5) is 27.3. The van der Waals surface area contributed by atoms with E-state index < -0.39 is 0 Å². The first-order valence-electron chi connectivity index (χ1n) is 9.09. The third-order valence-corrected chi connectivity index (χ3v) is 4.28. The number of nitrogens with one attached hydrogen (secondary N) is 2. The first-order chi connectivity index (χ1) is 13.7. The molecule has 146 valence electrons. The normalized spacial score (nSPS) is 10.6. The van der Waals surface area contributed by atoms with Gasteiger partial charge in [-0.25, -0.2) is 9.97 Å². The van der Waals surface area contributed by atoms with E-state index in [1.54, 1.807) is 25.6 Å². The lowest BCUT2D eigenvalue weighted by Crippen LogP contribution is -2.17. The quantitative estimate of drug-likeness (QED) is 0.487. The van der Waals surface area contributed by atoms with Gasteiger partial charge in [0.25, 0.3) is 5.56 Å². The monoisotopic (exact) mass is 381 g/mol. The lowest BCUT2D eigenvalue weighted by atomic mass is 10.1. The van der Waals surface area contributed by atoms with E-state index in [-0.39, 0.29) is 11.4 Å². The number of anilines is 1. The summed E-state index contributed by atoms with van der Waals surface area (Å²) in [6, 6.07) is 7.04. The Labute approximate surface area is 162 Å². The van der Waals surface area contributed by atoms with Crippen LogP contribution < -0.4 is 15.6 Å². The third-order valence-electron chi connectivity index (χ3n) is 4.28. The van der Waals surface area contributed by atoms with Crippen LogP contribution in [0.1, 0.15) is 29.7 Å². The number of hydrogen-bond donors (Lipinski definition) is 3. The second-order valence-corrected chi connectivity index (χ2v) is 6.32. The summed E-state index contributed by atoms with van der Waals surface area (Å²) in [6.45, 7) is 0.690. The molecule has 3 rings (SSSR count). The summed E-state index contributed by atoms with van der Waals surface area (Å²) in [5.74, 6) is 1.19. The summed E-state index contributed by atoms with van der Waals surface area (Å²) in [5, 5.41) is 12.5. The van der Waals surface area contributed by atoms with Crippen molar-refractivity contribution in [1.82, 2.24) is 19.9 Å². The Morgan fingerprint density at radius 3 is 2.86 bits per heavy atom. The molecule has 0 unspecified atom stereocenters. The second kappa shape index (κ2) is 9.50. The molecule has 3 aromatic heterocycles. The number of aromatic hydroxyl groups is 1. The largest absolute Gasteiger partial charge is 0.495 e. The van der Waals surface area contributed by atoms with Gasteiger partial charge in [-0.15, -0.1) is 0 Å². The maximum atomic E-state index is 12.2. The topological polar surface area (TPSA) is 113 Å². The van der Waals surface area contributed by atoms with E-state index in [4.69, 9.17) is 4.74 Å². The zero-order chi connectivity index (χ0) is 19.8. The van der Waals surface area contributed by atoms with Gasteiger partial charge in [-0.1, -0.05) is 0 Å². The number of aryl methyl sites for hydroxylation is 1. The van der Waals surface area contributed by atoms with Crippen LogP contribution in [0.5, 0.6) is 11.6 Å². The molecule has 0 aliphatic rings. The maximum absolute atomic E-state index is 12.2. The van der Waals surface area contributed by atoms with Crippen LogP contribution in [-0.4, -0.2) is 38.7 Å². The summed E-state index contributed by atoms with van der Waals surface area (Å²) < 4.78 is 5.30. The molecule has 3 heterocycles. The molecule has 0 aliphatic heterocycles. The van der Waals surface area contributed by atoms with Crippen molar-refractivity contribution in [3.63, 3.8) is 0 Å². The highest BCUT2D eigenvalue weighted by atomic mass is 16.5. The molecule has 0 aromatic carbocycles. The molecule has 0 aliphatic carbocycles. The van der Waals surface area contributed by atoms with Crippen molar-refractivity contribution in [1.29, 1.82) is 0 Å². The van der Waals surface area contributed by atoms with Gasteiger partial charge in [0.15, 0.2) is 0 Å². The van der Waals surface area contributed by atoms with Crippen molar-refractivity contribution < 1.29 is 9.84 Å². The molecular weight excluding hydrogens is 358 g/mol. The molecule has 3 aromatic rings. The van der Waals surface area contributed by atoms with Crippen molar-refractivity contribution >= 4 is 5.95 Å². The number of pyridine rings is 2. The molecule has 8 nitrogen and oxygen atoms in total. The number of aromatic nitrogens is 4. The van der Waals surface area contributed by atoms with Gasteiger partial charge in [-0.05, 0) is 43.0 Å². The van der Waals surface area contributed by atoms with E-state index in [1.807, 2.05) is 12.1 Å². The predicted molar refractivity (Wildman–Crippen MR) is 106 cm³/mol. The number of H-pyrrole nitrogens is 1. The van der Waals surface area contributed by atoms with E-state index in [0.29, 0.717) is 24.5 Å². The van der Waals surface area contributed by atoms with Gasteiger partial charge in [-0.3, -0.25) is 14.8 Å². The number of ether oxygens (including phenoxy) is 1. The number of nitrogens with zero attached hydrogens (tertiary/aromatic N) is 3. The smallest absolute Gasteiger partial charge is 0.255 e. The Morgan fingerprint density at radius 1 is 1.18 bits per heavy atom. The fraction of sp³-hybridized carbons (Fsp3) is 0.300. The molecular formula is C20H23N5O3. The summed E-state index contributed by atoms with van der Waals surface area (Å²) in [6.07, 6.45) is 7.87. The number of aromatic amines is 1. The highest BCUT2D eigenvalue weighted by Gasteiger charge is 2.06. The molecule has 0 bridgehead atoms. The van der Waals surface area contributed by atoms with Crippen molar-refractivity contribution in [3.05, 3.63) is 70.0 Å². The van der Waals surface area contributed by atoms with E-state index >= 15 is 0 Å². The lowest BCUT2D eigenvalue weighted by Gasteiger charge is -2.08. The minimum atomic E-state index is -0.202. The number of methoxy groups -OCH3 is 1. The molecule has 28 heavy (non-hydrogen) atoms. The van der Waals surface area contributed by atoms with Crippen LogP contribution in [0.15, 0.2) is 47.7 Å². The third kappa shape index (κ3) is 5.29. The second-order valence-electron chi connectivity index (χ2n) is 6.32. The number of rotatable bonds is 9. The molecule has 0 spiro atoms. The maximum Gasteiger partial charge on any atom is 0.255 e. The Kier molecular flexibility index (Phi) is 6.56. The highest BCUT2D eigenvalue weighted by Crippen LogP contribution is 2.16. The van der Waals surface area contributed by atoms with E-state index in [2.05, 4.69) is 25.3 Å². The van der Waals surface area contributed by atoms with Crippen LogP contribution in [0.3, 0.4) is 0 Å². The van der Waals surface area contributed by atoms with E-state index in [1.165, 1.54) is 12.3 Å². The highest BCUT2D eigenvalue weighted by molar-refractivity contribution is 5.29. The summed E-state index contributed by atoms with van der Waals surface area (Å²) in [7, 11) is 1.64. The van der Waals surface area contributed by atoms with E-state index in [0.717, 1.165) is 36.3 Å². The van der Waals surface area contributed by atoms with Gasteiger partial charge in [0.05, 0.1) is 12.8 Å². The average molecular weight is 381 g/mol. The molecule has 0 saturated carbocycles. The first-order valence-corrected chi connectivity index (χ1v) is 9.09. The fourth-order valence-electron chi connectivity index (χ4n) is 2.85. The molecule has 0 fully saturated rings.